The molecule has 0 N–H and O–H groups in total. The molecule has 0 radical (unpaired) electrons. The maximum absolute atomic E-state index is 12.8. The maximum atomic E-state index is 12.8. The van der Waals surface area contributed by atoms with Gasteiger partial charge < -0.3 is 13.9 Å². The minimum atomic E-state index is -0.272. The predicted molar refractivity (Wildman–Crippen MR) is 104 cm³/mol. The van der Waals surface area contributed by atoms with Gasteiger partial charge >= 0.3 is 5.63 Å². The Balaban J connectivity index is 1.76. The molecule has 140 valence electrons. The van der Waals surface area contributed by atoms with E-state index in [9.17, 15) is 4.79 Å². The molecular formula is C22H23NO4. The SMILES string of the molecule is COCCN1COc2ccc3c(C)c(Cc4ccccc4)c(=O)oc3c2C1. The summed E-state index contributed by atoms with van der Waals surface area (Å²) < 4.78 is 16.8. The minimum Gasteiger partial charge on any atom is -0.478 e. The molecule has 27 heavy (non-hydrogen) atoms. The third-order valence-electron chi connectivity index (χ3n) is 5.14. The summed E-state index contributed by atoms with van der Waals surface area (Å²) >= 11 is 0. The standard InChI is InChI=1S/C22H23NO4/c1-15-17-8-9-20-19(13-23(14-26-20)10-11-25-2)21(17)27-22(24)18(15)12-16-6-4-3-5-7-16/h3-9H,10-14H2,1-2H3. The Morgan fingerprint density at radius 1 is 1.15 bits per heavy atom. The predicted octanol–water partition coefficient (Wildman–Crippen LogP) is 3.49. The number of rotatable bonds is 5. The number of benzene rings is 2. The minimum absolute atomic E-state index is 0.272. The van der Waals surface area contributed by atoms with Crippen LogP contribution in [-0.4, -0.2) is 31.9 Å². The molecule has 2 heterocycles. The van der Waals surface area contributed by atoms with Crippen LogP contribution in [0, 0.1) is 6.92 Å². The van der Waals surface area contributed by atoms with Crippen molar-refractivity contribution in [3.63, 3.8) is 0 Å². The average Bonchev–Trinajstić information content (AvgIpc) is 2.70. The van der Waals surface area contributed by atoms with E-state index in [1.807, 2.05) is 49.4 Å². The van der Waals surface area contributed by atoms with Gasteiger partial charge in [0.05, 0.1) is 12.2 Å². The monoisotopic (exact) mass is 365 g/mol. The van der Waals surface area contributed by atoms with Gasteiger partial charge in [-0.2, -0.15) is 0 Å². The number of fused-ring (bicyclic) bond motifs is 3. The van der Waals surface area contributed by atoms with Crippen molar-refractivity contribution in [2.24, 2.45) is 0 Å². The Hall–Kier alpha value is -2.63. The van der Waals surface area contributed by atoms with Crippen LogP contribution in [0.5, 0.6) is 5.75 Å². The lowest BCUT2D eigenvalue weighted by atomic mass is 9.98. The zero-order valence-electron chi connectivity index (χ0n) is 15.7. The van der Waals surface area contributed by atoms with Gasteiger partial charge in [0.15, 0.2) is 0 Å². The largest absolute Gasteiger partial charge is 0.478 e. The molecule has 0 spiro atoms. The first-order valence-corrected chi connectivity index (χ1v) is 9.13. The van der Waals surface area contributed by atoms with E-state index >= 15 is 0 Å². The van der Waals surface area contributed by atoms with Crippen LogP contribution in [0.25, 0.3) is 11.0 Å². The summed E-state index contributed by atoms with van der Waals surface area (Å²) in [5, 5.41) is 0.969. The molecule has 4 rings (SSSR count). The number of methoxy groups -OCH3 is 1. The molecule has 0 bridgehead atoms. The quantitative estimate of drug-likeness (QED) is 0.648. The molecule has 0 unspecified atom stereocenters. The average molecular weight is 365 g/mol. The van der Waals surface area contributed by atoms with Gasteiger partial charge in [0, 0.05) is 37.6 Å². The summed E-state index contributed by atoms with van der Waals surface area (Å²) in [6.45, 7) is 4.58. The van der Waals surface area contributed by atoms with E-state index in [4.69, 9.17) is 13.9 Å². The maximum Gasteiger partial charge on any atom is 0.340 e. The van der Waals surface area contributed by atoms with Crippen LogP contribution in [0.4, 0.5) is 0 Å². The van der Waals surface area contributed by atoms with E-state index in [1.165, 1.54) is 0 Å². The van der Waals surface area contributed by atoms with Crippen molar-refractivity contribution in [3.8, 4) is 5.75 Å². The molecule has 0 amide bonds. The molecule has 1 aliphatic heterocycles. The van der Waals surface area contributed by atoms with Crippen LogP contribution in [0.1, 0.15) is 22.3 Å². The lowest BCUT2D eigenvalue weighted by Crippen LogP contribution is -2.34. The normalized spacial score (nSPS) is 14.1. The molecule has 5 heteroatoms. The van der Waals surface area contributed by atoms with Crippen molar-refractivity contribution in [1.29, 1.82) is 0 Å². The van der Waals surface area contributed by atoms with Crippen LogP contribution in [0.15, 0.2) is 51.7 Å². The Labute approximate surface area is 158 Å². The number of aryl methyl sites for hydroxylation is 1. The summed E-state index contributed by atoms with van der Waals surface area (Å²) in [7, 11) is 1.69. The number of ether oxygens (including phenoxy) is 2. The fourth-order valence-electron chi connectivity index (χ4n) is 3.58. The summed E-state index contributed by atoms with van der Waals surface area (Å²) in [5.41, 5.74) is 4.07. The molecule has 0 saturated carbocycles. The molecular weight excluding hydrogens is 342 g/mol. The Morgan fingerprint density at radius 2 is 1.96 bits per heavy atom. The highest BCUT2D eigenvalue weighted by Gasteiger charge is 2.23. The lowest BCUT2D eigenvalue weighted by Gasteiger charge is -2.29. The zero-order valence-corrected chi connectivity index (χ0v) is 15.7. The molecule has 0 saturated heterocycles. The fourth-order valence-corrected chi connectivity index (χ4v) is 3.58. The van der Waals surface area contributed by atoms with Crippen molar-refractivity contribution < 1.29 is 13.9 Å². The molecule has 1 aliphatic rings. The molecule has 2 aromatic carbocycles. The second-order valence-electron chi connectivity index (χ2n) is 6.89. The third-order valence-corrected chi connectivity index (χ3v) is 5.14. The van der Waals surface area contributed by atoms with E-state index < -0.39 is 0 Å². The first kappa shape index (κ1) is 17.8. The fraction of sp³-hybridized carbons (Fsp3) is 0.318. The van der Waals surface area contributed by atoms with Gasteiger partial charge in [-0.05, 0) is 30.2 Å². The van der Waals surface area contributed by atoms with Crippen LogP contribution < -0.4 is 10.4 Å². The van der Waals surface area contributed by atoms with Gasteiger partial charge in [-0.15, -0.1) is 0 Å². The summed E-state index contributed by atoms with van der Waals surface area (Å²) in [5.74, 6) is 0.787. The van der Waals surface area contributed by atoms with Gasteiger partial charge in [0.2, 0.25) is 0 Å². The smallest absolute Gasteiger partial charge is 0.340 e. The molecule has 3 aromatic rings. The van der Waals surface area contributed by atoms with Crippen molar-refractivity contribution in [1.82, 2.24) is 4.90 Å². The van der Waals surface area contributed by atoms with Crippen molar-refractivity contribution in [2.75, 3.05) is 27.0 Å². The highest BCUT2D eigenvalue weighted by Crippen LogP contribution is 2.33. The van der Waals surface area contributed by atoms with Crippen molar-refractivity contribution in [2.45, 2.75) is 19.9 Å². The van der Waals surface area contributed by atoms with E-state index in [-0.39, 0.29) is 5.63 Å². The summed E-state index contributed by atoms with van der Waals surface area (Å²) in [4.78, 5) is 14.9. The molecule has 0 aliphatic carbocycles. The summed E-state index contributed by atoms with van der Waals surface area (Å²) in [6, 6.07) is 14.0. The van der Waals surface area contributed by atoms with Gasteiger partial charge in [-0.25, -0.2) is 4.79 Å². The molecule has 0 atom stereocenters. The van der Waals surface area contributed by atoms with Crippen molar-refractivity contribution in [3.05, 3.63) is 75.1 Å². The van der Waals surface area contributed by atoms with Gasteiger partial charge in [-0.3, -0.25) is 4.90 Å². The van der Waals surface area contributed by atoms with E-state index in [0.717, 1.165) is 34.4 Å². The Kier molecular flexibility index (Phi) is 4.97. The number of nitrogens with zero attached hydrogens (tertiary/aromatic N) is 1. The number of hydrogen-bond acceptors (Lipinski definition) is 5. The Bertz CT molecular complexity index is 1010. The van der Waals surface area contributed by atoms with Gasteiger partial charge in [-0.1, -0.05) is 30.3 Å². The van der Waals surface area contributed by atoms with Crippen molar-refractivity contribution >= 4 is 11.0 Å². The first-order chi connectivity index (χ1) is 13.2. The molecule has 1 aromatic heterocycles. The van der Waals surface area contributed by atoms with E-state index in [0.29, 0.717) is 37.4 Å². The Morgan fingerprint density at radius 3 is 2.74 bits per heavy atom. The molecule has 5 nitrogen and oxygen atoms in total. The van der Waals surface area contributed by atoms with Crippen LogP contribution in [0.3, 0.4) is 0 Å². The number of hydrogen-bond donors (Lipinski definition) is 0. The van der Waals surface area contributed by atoms with Crippen LogP contribution in [-0.2, 0) is 17.7 Å². The summed E-state index contributed by atoms with van der Waals surface area (Å²) in [6.07, 6.45) is 0.568. The second-order valence-corrected chi connectivity index (χ2v) is 6.89. The third kappa shape index (κ3) is 3.48. The second kappa shape index (κ2) is 7.55. The van der Waals surface area contributed by atoms with E-state index in [2.05, 4.69) is 4.90 Å². The van der Waals surface area contributed by atoms with Crippen LogP contribution >= 0.6 is 0 Å². The van der Waals surface area contributed by atoms with Crippen LogP contribution in [0.2, 0.25) is 0 Å². The highest BCUT2D eigenvalue weighted by molar-refractivity contribution is 5.86. The van der Waals surface area contributed by atoms with E-state index in [1.54, 1.807) is 7.11 Å². The lowest BCUT2D eigenvalue weighted by molar-refractivity contribution is 0.0658. The molecule has 0 fully saturated rings. The first-order valence-electron chi connectivity index (χ1n) is 9.13. The van der Waals surface area contributed by atoms with Gasteiger partial charge in [0.1, 0.15) is 18.1 Å². The zero-order chi connectivity index (χ0) is 18.8. The highest BCUT2D eigenvalue weighted by atomic mass is 16.5. The van der Waals surface area contributed by atoms with Gasteiger partial charge in [0.25, 0.3) is 0 Å². The topological polar surface area (TPSA) is 51.9 Å².